The van der Waals surface area contributed by atoms with E-state index in [0.29, 0.717) is 12.5 Å². The summed E-state index contributed by atoms with van der Waals surface area (Å²) in [6, 6.07) is 0. The number of nitrogens with one attached hydrogen (secondary N) is 1. The van der Waals surface area contributed by atoms with Crippen LogP contribution in [0.25, 0.3) is 0 Å². The van der Waals surface area contributed by atoms with Crippen LogP contribution in [-0.4, -0.2) is 34.4 Å². The van der Waals surface area contributed by atoms with Crippen molar-refractivity contribution in [2.45, 2.75) is 26.7 Å². The van der Waals surface area contributed by atoms with Gasteiger partial charge in [0.1, 0.15) is 0 Å². The van der Waals surface area contributed by atoms with E-state index in [4.69, 9.17) is 5.11 Å². The largest absolute Gasteiger partial charge is 0.481 e. The maximum atomic E-state index is 11.4. The van der Waals surface area contributed by atoms with Crippen LogP contribution >= 0.6 is 11.8 Å². The van der Waals surface area contributed by atoms with Gasteiger partial charge in [-0.25, -0.2) is 0 Å². The molecule has 0 bridgehead atoms. The zero-order valence-corrected chi connectivity index (χ0v) is 11.5. The maximum Gasteiger partial charge on any atom is 0.308 e. The van der Waals surface area contributed by atoms with Gasteiger partial charge in [0, 0.05) is 24.8 Å². The maximum absolute atomic E-state index is 11.4. The average molecular weight is 273 g/mol. The molecule has 6 heteroatoms. The third kappa shape index (κ3) is 8.81. The van der Waals surface area contributed by atoms with Crippen molar-refractivity contribution >= 4 is 28.8 Å². The van der Waals surface area contributed by atoms with E-state index >= 15 is 0 Å². The van der Waals surface area contributed by atoms with Gasteiger partial charge >= 0.3 is 5.97 Å². The Balaban J connectivity index is 3.76. The van der Waals surface area contributed by atoms with Crippen LogP contribution in [-0.2, 0) is 14.4 Å². The van der Waals surface area contributed by atoms with Gasteiger partial charge in [-0.15, -0.1) is 0 Å². The second kappa shape index (κ2) is 8.74. The van der Waals surface area contributed by atoms with Crippen LogP contribution in [0.2, 0.25) is 0 Å². The van der Waals surface area contributed by atoms with Crippen molar-refractivity contribution in [2.24, 2.45) is 5.92 Å². The molecule has 18 heavy (non-hydrogen) atoms. The zero-order chi connectivity index (χ0) is 14.1. The highest BCUT2D eigenvalue weighted by Gasteiger charge is 2.11. The van der Waals surface area contributed by atoms with Crippen molar-refractivity contribution in [1.82, 2.24) is 5.32 Å². The summed E-state index contributed by atoms with van der Waals surface area (Å²) < 4.78 is 0. The van der Waals surface area contributed by atoms with E-state index in [1.54, 1.807) is 0 Å². The molecule has 0 saturated carbocycles. The molecule has 0 aliphatic heterocycles. The lowest BCUT2D eigenvalue weighted by atomic mass is 10.1. The third-order valence-corrected chi connectivity index (χ3v) is 3.32. The van der Waals surface area contributed by atoms with Gasteiger partial charge in [-0.1, -0.05) is 25.3 Å². The number of hydrogen-bond acceptors (Lipinski definition) is 4. The number of rotatable bonds is 8. The first-order valence-electron chi connectivity index (χ1n) is 5.64. The number of carboxylic acids is 1. The van der Waals surface area contributed by atoms with E-state index in [2.05, 4.69) is 11.9 Å². The van der Waals surface area contributed by atoms with Crippen LogP contribution in [0.4, 0.5) is 0 Å². The first-order chi connectivity index (χ1) is 8.32. The molecule has 5 nitrogen and oxygen atoms in total. The lowest BCUT2D eigenvalue weighted by Crippen LogP contribution is -2.27. The highest BCUT2D eigenvalue weighted by Crippen LogP contribution is 2.11. The topological polar surface area (TPSA) is 83.5 Å². The van der Waals surface area contributed by atoms with Crippen LogP contribution < -0.4 is 5.32 Å². The van der Waals surface area contributed by atoms with Crippen molar-refractivity contribution in [3.8, 4) is 0 Å². The molecule has 1 unspecified atom stereocenters. The fourth-order valence-corrected chi connectivity index (χ4v) is 1.85. The van der Waals surface area contributed by atoms with E-state index in [1.165, 1.54) is 18.7 Å². The van der Waals surface area contributed by atoms with Crippen LogP contribution in [0.3, 0.4) is 0 Å². The predicted molar refractivity (Wildman–Crippen MR) is 71.3 cm³/mol. The van der Waals surface area contributed by atoms with E-state index in [-0.39, 0.29) is 17.1 Å². The molecule has 0 heterocycles. The molecule has 0 aliphatic rings. The third-order valence-electron chi connectivity index (χ3n) is 2.18. The first kappa shape index (κ1) is 16.7. The Bertz CT molecular complexity index is 341. The molecule has 102 valence electrons. The van der Waals surface area contributed by atoms with Crippen LogP contribution in [0.5, 0.6) is 0 Å². The van der Waals surface area contributed by atoms with E-state index in [1.807, 2.05) is 6.92 Å². The molecule has 1 amide bonds. The monoisotopic (exact) mass is 273 g/mol. The van der Waals surface area contributed by atoms with E-state index < -0.39 is 11.9 Å². The second-order valence-corrected chi connectivity index (χ2v) is 5.32. The van der Waals surface area contributed by atoms with Gasteiger partial charge in [-0.2, -0.15) is 0 Å². The number of aliphatic carboxylic acids is 1. The molecule has 0 radical (unpaired) electrons. The Morgan fingerprint density at radius 3 is 2.50 bits per heavy atom. The molecule has 0 rings (SSSR count). The Morgan fingerprint density at radius 1 is 1.39 bits per heavy atom. The normalized spacial score (nSPS) is 11.7. The summed E-state index contributed by atoms with van der Waals surface area (Å²) >= 11 is 1.27. The van der Waals surface area contributed by atoms with Crippen LogP contribution in [0, 0.1) is 5.92 Å². The minimum Gasteiger partial charge on any atom is -0.481 e. The minimum absolute atomic E-state index is 0.0493. The Kier molecular flexibility index (Phi) is 8.11. The van der Waals surface area contributed by atoms with Crippen molar-refractivity contribution in [2.75, 3.05) is 12.3 Å². The summed E-state index contributed by atoms with van der Waals surface area (Å²) in [5, 5.41) is 11.2. The van der Waals surface area contributed by atoms with Gasteiger partial charge in [0.15, 0.2) is 5.12 Å². The molecular formula is C12H19NO4S. The van der Waals surface area contributed by atoms with Gasteiger partial charge in [0.2, 0.25) is 5.91 Å². The van der Waals surface area contributed by atoms with Gasteiger partial charge in [0.25, 0.3) is 0 Å². The summed E-state index contributed by atoms with van der Waals surface area (Å²) in [6.07, 6.45) is 0.397. The molecule has 0 aliphatic carbocycles. The lowest BCUT2D eigenvalue weighted by Gasteiger charge is -2.11. The summed E-state index contributed by atoms with van der Waals surface area (Å²) in [4.78, 5) is 32.5. The Labute approximate surface area is 111 Å². The fourth-order valence-electron chi connectivity index (χ4n) is 1.16. The van der Waals surface area contributed by atoms with Gasteiger partial charge < -0.3 is 10.4 Å². The predicted octanol–water partition coefficient (Wildman–Crippen LogP) is 1.44. The first-order valence-corrected chi connectivity index (χ1v) is 6.62. The number of amides is 1. The van der Waals surface area contributed by atoms with E-state index in [0.717, 1.165) is 12.2 Å². The summed E-state index contributed by atoms with van der Waals surface area (Å²) in [7, 11) is 0. The Hall–Kier alpha value is -1.30. The highest BCUT2D eigenvalue weighted by molar-refractivity contribution is 8.13. The van der Waals surface area contributed by atoms with Crippen LogP contribution in [0.1, 0.15) is 26.7 Å². The average Bonchev–Trinajstić information content (AvgIpc) is 2.25. The summed E-state index contributed by atoms with van der Waals surface area (Å²) in [5.41, 5.74) is 0.0493. The number of carboxylic acid groups (broad SMARTS) is 1. The number of carbonyl (C=O) groups excluding carboxylic acids is 2. The number of hydrogen-bond donors (Lipinski definition) is 2. The molecule has 2 N–H and O–H groups in total. The molecule has 0 aromatic heterocycles. The Morgan fingerprint density at radius 2 is 2.00 bits per heavy atom. The lowest BCUT2D eigenvalue weighted by molar-refractivity contribution is -0.137. The molecular weight excluding hydrogens is 254 g/mol. The molecule has 0 saturated heterocycles. The van der Waals surface area contributed by atoms with Gasteiger partial charge in [0.05, 0.1) is 6.42 Å². The second-order valence-electron chi connectivity index (χ2n) is 4.13. The molecule has 1 atom stereocenters. The number of carbonyl (C=O) groups is 3. The fraction of sp³-hybridized carbons (Fsp3) is 0.583. The molecule has 0 fully saturated rings. The molecule has 0 aromatic rings. The zero-order valence-electron chi connectivity index (χ0n) is 10.7. The highest BCUT2D eigenvalue weighted by atomic mass is 32.2. The summed E-state index contributed by atoms with van der Waals surface area (Å²) in [6.45, 7) is 7.38. The van der Waals surface area contributed by atoms with Crippen molar-refractivity contribution in [3.63, 3.8) is 0 Å². The number of thioether (sulfide) groups is 1. The van der Waals surface area contributed by atoms with Crippen molar-refractivity contribution in [3.05, 3.63) is 12.2 Å². The van der Waals surface area contributed by atoms with Crippen molar-refractivity contribution in [1.29, 1.82) is 0 Å². The van der Waals surface area contributed by atoms with Gasteiger partial charge in [-0.05, 0) is 12.3 Å². The van der Waals surface area contributed by atoms with Gasteiger partial charge in [-0.3, -0.25) is 14.4 Å². The smallest absolute Gasteiger partial charge is 0.308 e. The van der Waals surface area contributed by atoms with E-state index in [9.17, 15) is 14.4 Å². The standard InChI is InChI=1S/C12H19NO4S/c1-8(7-18-10(3)14)4-5-13-12(17)9(2)6-11(15)16/h8H,2,4-7H2,1,3H3,(H,13,17)(H,15,16). The van der Waals surface area contributed by atoms with Crippen molar-refractivity contribution < 1.29 is 19.5 Å². The molecule has 0 aromatic carbocycles. The molecule has 0 spiro atoms. The quantitative estimate of drug-likeness (QED) is 0.654. The van der Waals surface area contributed by atoms with Crippen LogP contribution in [0.15, 0.2) is 12.2 Å². The summed E-state index contributed by atoms with van der Waals surface area (Å²) in [5.74, 6) is -0.460. The minimum atomic E-state index is -1.07. The SMILES string of the molecule is C=C(CC(=O)O)C(=O)NCCC(C)CSC(C)=O.